The molecule has 0 radical (unpaired) electrons. The van der Waals surface area contributed by atoms with Gasteiger partial charge in [-0.25, -0.2) is 4.79 Å². The van der Waals surface area contributed by atoms with E-state index in [1.54, 1.807) is 27.7 Å². The van der Waals surface area contributed by atoms with E-state index in [2.05, 4.69) is 5.32 Å². The van der Waals surface area contributed by atoms with Crippen molar-refractivity contribution in [2.75, 3.05) is 6.61 Å². The molecule has 2 bridgehead atoms. The lowest BCUT2D eigenvalue weighted by Gasteiger charge is -2.36. The molecule has 0 amide bonds. The Bertz CT molecular complexity index is 498. The lowest BCUT2D eigenvalue weighted by atomic mass is 9.87. The average molecular weight is 315 g/mol. The zero-order chi connectivity index (χ0) is 16.7. The molecule has 8 heteroatoms. The molecule has 4 atom stereocenters. The van der Waals surface area contributed by atoms with Crippen molar-refractivity contribution in [3.8, 4) is 0 Å². The monoisotopic (exact) mass is 315 g/mol. The molecule has 0 unspecified atom stereocenters. The van der Waals surface area contributed by atoms with Crippen LogP contribution >= 0.6 is 0 Å². The molecule has 2 fully saturated rings. The predicted octanol–water partition coefficient (Wildman–Crippen LogP) is -0.722. The van der Waals surface area contributed by atoms with E-state index in [9.17, 15) is 19.5 Å². The summed E-state index contributed by atoms with van der Waals surface area (Å²) in [6, 6.07) is -2.07. The second kappa shape index (κ2) is 5.51. The van der Waals surface area contributed by atoms with E-state index in [0.29, 0.717) is 0 Å². The molecule has 2 saturated heterocycles. The Morgan fingerprint density at radius 1 is 1.45 bits per heavy atom. The first-order valence-corrected chi connectivity index (χ1v) is 7.18. The third-order valence-corrected chi connectivity index (χ3v) is 3.54. The third kappa shape index (κ3) is 2.68. The molecule has 0 saturated carbocycles. The van der Waals surface area contributed by atoms with Gasteiger partial charge in [0.2, 0.25) is 0 Å². The number of hydrogen-bond donors (Lipinski definition) is 2. The van der Waals surface area contributed by atoms with Gasteiger partial charge in [0.1, 0.15) is 11.7 Å². The fourth-order valence-electron chi connectivity index (χ4n) is 2.73. The quantitative estimate of drug-likeness (QED) is 0.518. The van der Waals surface area contributed by atoms with E-state index >= 15 is 0 Å². The summed E-state index contributed by atoms with van der Waals surface area (Å²) < 4.78 is 15.3. The summed E-state index contributed by atoms with van der Waals surface area (Å²) in [4.78, 5) is 36.4. The standard InChI is InChI=1S/C14H21NO7/c1-5-20-12(19)14-9(11(18)22-13(2,3)4)15-7(10(14)17)6-8(16)21-14/h7,9-10,15,17H,5-6H2,1-4H3/t7-,9-,10-,14+/m1/s1. The summed E-state index contributed by atoms with van der Waals surface area (Å²) in [5.41, 5.74) is -2.89. The fourth-order valence-corrected chi connectivity index (χ4v) is 2.73. The summed E-state index contributed by atoms with van der Waals surface area (Å²) in [6.45, 7) is 6.62. The van der Waals surface area contributed by atoms with Gasteiger partial charge < -0.3 is 19.3 Å². The minimum Gasteiger partial charge on any atom is -0.463 e. The van der Waals surface area contributed by atoms with Crippen molar-refractivity contribution in [3.63, 3.8) is 0 Å². The van der Waals surface area contributed by atoms with Gasteiger partial charge in [0.15, 0.2) is 6.04 Å². The number of ether oxygens (including phenoxy) is 3. The Hall–Kier alpha value is -1.67. The molecule has 2 aliphatic rings. The van der Waals surface area contributed by atoms with Crippen LogP contribution in [-0.4, -0.2) is 59.0 Å². The molecule has 2 rings (SSSR count). The Labute approximate surface area is 128 Å². The molecule has 0 aromatic rings. The van der Waals surface area contributed by atoms with Crippen molar-refractivity contribution < 1.29 is 33.7 Å². The molecule has 8 nitrogen and oxygen atoms in total. The van der Waals surface area contributed by atoms with Crippen LogP contribution in [0, 0.1) is 0 Å². The van der Waals surface area contributed by atoms with Crippen molar-refractivity contribution >= 4 is 17.9 Å². The van der Waals surface area contributed by atoms with Crippen LogP contribution in [0.1, 0.15) is 34.1 Å². The lowest BCUT2D eigenvalue weighted by molar-refractivity contribution is -0.205. The van der Waals surface area contributed by atoms with Gasteiger partial charge in [0, 0.05) is 6.04 Å². The first kappa shape index (κ1) is 16.7. The summed E-state index contributed by atoms with van der Waals surface area (Å²) in [7, 11) is 0. The van der Waals surface area contributed by atoms with Gasteiger partial charge in [-0.2, -0.15) is 0 Å². The maximum atomic E-state index is 12.4. The highest BCUT2D eigenvalue weighted by Crippen LogP contribution is 2.38. The van der Waals surface area contributed by atoms with Crippen LogP contribution in [0.25, 0.3) is 0 Å². The highest BCUT2D eigenvalue weighted by atomic mass is 16.6. The van der Waals surface area contributed by atoms with Gasteiger partial charge in [-0.05, 0) is 27.7 Å². The second-order valence-electron chi connectivity index (χ2n) is 6.38. The fraction of sp³-hybridized carbons (Fsp3) is 0.786. The molecule has 0 aromatic heterocycles. The van der Waals surface area contributed by atoms with Gasteiger partial charge in [-0.3, -0.25) is 14.9 Å². The number of aliphatic hydroxyl groups is 1. The number of carbonyl (C=O) groups excluding carboxylic acids is 3. The largest absolute Gasteiger partial charge is 0.463 e. The SMILES string of the molecule is CCOC(=O)[C@]12OC(=O)C[C@@H](N[C@@H]1C(=O)OC(C)(C)C)[C@H]2O. The van der Waals surface area contributed by atoms with E-state index < -0.39 is 47.3 Å². The van der Waals surface area contributed by atoms with Crippen molar-refractivity contribution in [1.82, 2.24) is 5.32 Å². The number of nitrogens with one attached hydrogen (secondary N) is 1. The van der Waals surface area contributed by atoms with Gasteiger partial charge in [0.25, 0.3) is 5.60 Å². The summed E-state index contributed by atoms with van der Waals surface area (Å²) in [5, 5.41) is 13.1. The van der Waals surface area contributed by atoms with Crippen LogP contribution in [0.3, 0.4) is 0 Å². The number of fused-ring (bicyclic) bond motifs is 2. The van der Waals surface area contributed by atoms with Gasteiger partial charge in [-0.15, -0.1) is 0 Å². The summed E-state index contributed by atoms with van der Waals surface area (Å²) in [6.07, 6.45) is -1.51. The lowest BCUT2D eigenvalue weighted by Crippen LogP contribution is -2.63. The first-order chi connectivity index (χ1) is 10.1. The minimum absolute atomic E-state index is 0.0244. The molecule has 0 aliphatic carbocycles. The number of aliphatic hydroxyl groups excluding tert-OH is 1. The van der Waals surface area contributed by atoms with Gasteiger partial charge in [0.05, 0.1) is 13.0 Å². The number of carbonyl (C=O) groups is 3. The molecular weight excluding hydrogens is 294 g/mol. The zero-order valence-corrected chi connectivity index (χ0v) is 13.0. The summed E-state index contributed by atoms with van der Waals surface area (Å²) >= 11 is 0. The van der Waals surface area contributed by atoms with Crippen molar-refractivity contribution in [1.29, 1.82) is 0 Å². The number of esters is 3. The maximum absolute atomic E-state index is 12.4. The van der Waals surface area contributed by atoms with E-state index in [4.69, 9.17) is 14.2 Å². The first-order valence-electron chi connectivity index (χ1n) is 7.18. The third-order valence-electron chi connectivity index (χ3n) is 3.54. The molecule has 2 N–H and O–H groups in total. The molecule has 0 spiro atoms. The number of hydrogen-bond acceptors (Lipinski definition) is 8. The van der Waals surface area contributed by atoms with E-state index in [-0.39, 0.29) is 13.0 Å². The molecule has 2 heterocycles. The van der Waals surface area contributed by atoms with Gasteiger partial charge in [-0.1, -0.05) is 0 Å². The molecular formula is C14H21NO7. The topological polar surface area (TPSA) is 111 Å². The van der Waals surface area contributed by atoms with Crippen LogP contribution in [0.5, 0.6) is 0 Å². The van der Waals surface area contributed by atoms with Crippen LogP contribution in [-0.2, 0) is 28.6 Å². The zero-order valence-electron chi connectivity index (χ0n) is 13.0. The maximum Gasteiger partial charge on any atom is 0.355 e. The van der Waals surface area contributed by atoms with Crippen LogP contribution in [0.2, 0.25) is 0 Å². The van der Waals surface area contributed by atoms with Crippen molar-refractivity contribution in [2.24, 2.45) is 0 Å². The summed E-state index contributed by atoms with van der Waals surface area (Å²) in [5.74, 6) is -2.42. The van der Waals surface area contributed by atoms with E-state index in [1.165, 1.54) is 0 Å². The Morgan fingerprint density at radius 3 is 2.64 bits per heavy atom. The Kier molecular flexibility index (Phi) is 4.18. The molecule has 2 aliphatic heterocycles. The highest BCUT2D eigenvalue weighted by Gasteiger charge is 2.69. The normalized spacial score (nSPS) is 34.0. The van der Waals surface area contributed by atoms with E-state index in [0.717, 1.165) is 0 Å². The van der Waals surface area contributed by atoms with E-state index in [1.807, 2.05) is 0 Å². The number of rotatable bonds is 3. The Balaban J connectivity index is 2.38. The van der Waals surface area contributed by atoms with Crippen LogP contribution in [0.4, 0.5) is 0 Å². The molecule has 22 heavy (non-hydrogen) atoms. The molecule has 0 aromatic carbocycles. The Morgan fingerprint density at radius 2 is 2.09 bits per heavy atom. The van der Waals surface area contributed by atoms with Crippen molar-refractivity contribution in [3.05, 3.63) is 0 Å². The highest BCUT2D eigenvalue weighted by molar-refractivity contribution is 5.95. The van der Waals surface area contributed by atoms with Crippen LogP contribution in [0.15, 0.2) is 0 Å². The second-order valence-corrected chi connectivity index (χ2v) is 6.38. The average Bonchev–Trinajstić information content (AvgIpc) is 2.54. The van der Waals surface area contributed by atoms with Crippen molar-refractivity contribution in [2.45, 2.75) is 63.5 Å². The van der Waals surface area contributed by atoms with Gasteiger partial charge >= 0.3 is 17.9 Å². The molecule has 124 valence electrons. The smallest absolute Gasteiger partial charge is 0.355 e. The predicted molar refractivity (Wildman–Crippen MR) is 72.6 cm³/mol. The van der Waals surface area contributed by atoms with Crippen LogP contribution < -0.4 is 5.32 Å². The minimum atomic E-state index is -2.10.